The molecule has 1 atom stereocenters. The van der Waals surface area contributed by atoms with Gasteiger partial charge in [-0.25, -0.2) is 8.42 Å². The van der Waals surface area contributed by atoms with Crippen molar-refractivity contribution in [2.45, 2.75) is 12.5 Å². The van der Waals surface area contributed by atoms with Gasteiger partial charge in [0.25, 0.3) is 0 Å². The number of hydrogen-bond donors (Lipinski definition) is 2. The van der Waals surface area contributed by atoms with Crippen LogP contribution in [0.15, 0.2) is 30.5 Å². The largest absolute Gasteiger partial charge is 0.381 e. The summed E-state index contributed by atoms with van der Waals surface area (Å²) >= 11 is 0. The van der Waals surface area contributed by atoms with Gasteiger partial charge in [-0.3, -0.25) is 0 Å². The summed E-state index contributed by atoms with van der Waals surface area (Å²) in [5.74, 6) is 0.551. The van der Waals surface area contributed by atoms with Crippen molar-refractivity contribution in [2.75, 3.05) is 16.8 Å². The van der Waals surface area contributed by atoms with Crippen molar-refractivity contribution in [3.63, 3.8) is 0 Å². The molecular weight excluding hydrogens is 236 g/mol. The van der Waals surface area contributed by atoms with E-state index < -0.39 is 9.84 Å². The van der Waals surface area contributed by atoms with Crippen LogP contribution in [0.25, 0.3) is 10.9 Å². The van der Waals surface area contributed by atoms with E-state index in [1.165, 1.54) is 0 Å². The van der Waals surface area contributed by atoms with Crippen LogP contribution in [0.4, 0.5) is 5.69 Å². The molecule has 0 saturated carbocycles. The van der Waals surface area contributed by atoms with Crippen LogP contribution in [0.2, 0.25) is 0 Å². The summed E-state index contributed by atoms with van der Waals surface area (Å²) < 4.78 is 22.7. The van der Waals surface area contributed by atoms with Gasteiger partial charge in [0.1, 0.15) is 0 Å². The van der Waals surface area contributed by atoms with Gasteiger partial charge >= 0.3 is 0 Å². The third-order valence-corrected chi connectivity index (χ3v) is 4.92. The minimum absolute atomic E-state index is 0.0522. The summed E-state index contributed by atoms with van der Waals surface area (Å²) in [4.78, 5) is 3.13. The number of H-pyrrole nitrogens is 1. The summed E-state index contributed by atoms with van der Waals surface area (Å²) in [6, 6.07) is 8.07. The van der Waals surface area contributed by atoms with Crippen LogP contribution in [0, 0.1) is 0 Å². The summed E-state index contributed by atoms with van der Waals surface area (Å²) in [5.41, 5.74) is 2.08. The number of hydrogen-bond acceptors (Lipinski definition) is 3. The standard InChI is InChI=1S/C12H14N2O2S/c15-17(16)6-4-11(8-17)14-10-1-2-12-9(7-10)3-5-13-12/h1-3,5,7,11,13-14H,4,6,8H2. The molecule has 1 aliphatic rings. The van der Waals surface area contributed by atoms with Crippen LogP contribution in [-0.4, -0.2) is 30.9 Å². The lowest BCUT2D eigenvalue weighted by Crippen LogP contribution is -2.20. The maximum absolute atomic E-state index is 11.4. The molecule has 1 saturated heterocycles. The Balaban J connectivity index is 1.81. The second kappa shape index (κ2) is 3.77. The first-order valence-electron chi connectivity index (χ1n) is 5.66. The van der Waals surface area contributed by atoms with Gasteiger partial charge in [0, 0.05) is 28.8 Å². The van der Waals surface area contributed by atoms with Crippen LogP contribution in [0.5, 0.6) is 0 Å². The zero-order chi connectivity index (χ0) is 11.9. The molecule has 1 aromatic heterocycles. The Bertz CT molecular complexity index is 645. The lowest BCUT2D eigenvalue weighted by atomic mass is 10.2. The number of fused-ring (bicyclic) bond motifs is 1. The molecule has 0 spiro atoms. The van der Waals surface area contributed by atoms with Crippen LogP contribution >= 0.6 is 0 Å². The highest BCUT2D eigenvalue weighted by Crippen LogP contribution is 2.21. The van der Waals surface area contributed by atoms with Gasteiger partial charge in [-0.05, 0) is 30.7 Å². The Labute approximate surface area is 100.0 Å². The van der Waals surface area contributed by atoms with Gasteiger partial charge in [0.15, 0.2) is 9.84 Å². The Morgan fingerprint density at radius 1 is 1.29 bits per heavy atom. The maximum atomic E-state index is 11.4. The quantitative estimate of drug-likeness (QED) is 0.854. The zero-order valence-electron chi connectivity index (χ0n) is 9.31. The highest BCUT2D eigenvalue weighted by atomic mass is 32.2. The van der Waals surface area contributed by atoms with Crippen molar-refractivity contribution >= 4 is 26.4 Å². The van der Waals surface area contributed by atoms with Crippen molar-refractivity contribution in [1.82, 2.24) is 4.98 Å². The average Bonchev–Trinajstić information content (AvgIpc) is 2.84. The Morgan fingerprint density at radius 2 is 2.18 bits per heavy atom. The normalized spacial score (nSPS) is 22.9. The summed E-state index contributed by atoms with van der Waals surface area (Å²) in [6.07, 6.45) is 2.60. The van der Waals surface area contributed by atoms with E-state index in [9.17, 15) is 8.42 Å². The third-order valence-electron chi connectivity index (χ3n) is 3.16. The molecule has 1 aliphatic heterocycles. The number of aromatic nitrogens is 1. The first-order chi connectivity index (χ1) is 8.12. The molecule has 0 bridgehead atoms. The third kappa shape index (κ3) is 2.15. The predicted octanol–water partition coefficient (Wildman–Crippen LogP) is 1.77. The topological polar surface area (TPSA) is 62.0 Å². The van der Waals surface area contributed by atoms with Gasteiger partial charge in [-0.2, -0.15) is 0 Å². The van der Waals surface area contributed by atoms with Crippen molar-refractivity contribution < 1.29 is 8.42 Å². The Morgan fingerprint density at radius 3 is 2.94 bits per heavy atom. The van der Waals surface area contributed by atoms with E-state index >= 15 is 0 Å². The lowest BCUT2D eigenvalue weighted by Gasteiger charge is -2.12. The average molecular weight is 250 g/mol. The summed E-state index contributed by atoms with van der Waals surface area (Å²) in [7, 11) is -2.82. The fraction of sp³-hybridized carbons (Fsp3) is 0.333. The molecule has 0 radical (unpaired) electrons. The fourth-order valence-corrected chi connectivity index (χ4v) is 3.96. The van der Waals surface area contributed by atoms with Crippen molar-refractivity contribution in [2.24, 2.45) is 0 Å². The zero-order valence-corrected chi connectivity index (χ0v) is 10.1. The molecule has 3 rings (SSSR count). The van der Waals surface area contributed by atoms with E-state index in [1.54, 1.807) is 0 Å². The predicted molar refractivity (Wildman–Crippen MR) is 69.0 cm³/mol. The van der Waals surface area contributed by atoms with E-state index in [4.69, 9.17) is 0 Å². The maximum Gasteiger partial charge on any atom is 0.152 e. The summed E-state index contributed by atoms with van der Waals surface area (Å²) in [5, 5.41) is 4.42. The van der Waals surface area contributed by atoms with Crippen molar-refractivity contribution in [3.05, 3.63) is 30.5 Å². The lowest BCUT2D eigenvalue weighted by molar-refractivity contribution is 0.602. The molecule has 1 fully saturated rings. The van der Waals surface area contributed by atoms with Crippen LogP contribution in [0.3, 0.4) is 0 Å². The molecule has 2 aromatic rings. The molecule has 2 heterocycles. The molecular formula is C12H14N2O2S. The SMILES string of the molecule is O=S1(=O)CCC(Nc2ccc3[nH]ccc3c2)C1. The summed E-state index contributed by atoms with van der Waals surface area (Å²) in [6.45, 7) is 0. The second-order valence-electron chi connectivity index (χ2n) is 4.52. The fourth-order valence-electron chi connectivity index (χ4n) is 2.29. The van der Waals surface area contributed by atoms with Gasteiger partial charge in [0.2, 0.25) is 0 Å². The number of anilines is 1. The molecule has 1 aromatic carbocycles. The smallest absolute Gasteiger partial charge is 0.152 e. The molecule has 0 aliphatic carbocycles. The molecule has 4 nitrogen and oxygen atoms in total. The number of rotatable bonds is 2. The van der Waals surface area contributed by atoms with Gasteiger partial charge in [-0.15, -0.1) is 0 Å². The Kier molecular flexibility index (Phi) is 2.36. The molecule has 5 heteroatoms. The Hall–Kier alpha value is -1.49. The van der Waals surface area contributed by atoms with Crippen LogP contribution < -0.4 is 5.32 Å². The van der Waals surface area contributed by atoms with Gasteiger partial charge < -0.3 is 10.3 Å². The molecule has 2 N–H and O–H groups in total. The highest BCUT2D eigenvalue weighted by Gasteiger charge is 2.27. The van der Waals surface area contributed by atoms with Crippen LogP contribution in [-0.2, 0) is 9.84 Å². The number of benzene rings is 1. The number of nitrogens with one attached hydrogen (secondary N) is 2. The van der Waals surface area contributed by atoms with E-state index in [0.29, 0.717) is 12.2 Å². The molecule has 90 valence electrons. The monoisotopic (exact) mass is 250 g/mol. The van der Waals surface area contributed by atoms with E-state index in [0.717, 1.165) is 16.6 Å². The molecule has 1 unspecified atom stereocenters. The minimum atomic E-state index is -2.82. The number of sulfone groups is 1. The first-order valence-corrected chi connectivity index (χ1v) is 7.49. The molecule has 17 heavy (non-hydrogen) atoms. The first kappa shape index (κ1) is 10.7. The molecule has 0 amide bonds. The van der Waals surface area contributed by atoms with Gasteiger partial charge in [-0.1, -0.05) is 0 Å². The van der Waals surface area contributed by atoms with Crippen molar-refractivity contribution in [3.8, 4) is 0 Å². The number of aromatic amines is 1. The van der Waals surface area contributed by atoms with E-state index in [-0.39, 0.29) is 11.8 Å². The minimum Gasteiger partial charge on any atom is -0.381 e. The highest BCUT2D eigenvalue weighted by molar-refractivity contribution is 7.91. The van der Waals surface area contributed by atoms with E-state index in [1.807, 2.05) is 30.5 Å². The van der Waals surface area contributed by atoms with Gasteiger partial charge in [0.05, 0.1) is 11.5 Å². The van der Waals surface area contributed by atoms with Crippen LogP contribution in [0.1, 0.15) is 6.42 Å². The van der Waals surface area contributed by atoms with E-state index in [2.05, 4.69) is 10.3 Å². The van der Waals surface area contributed by atoms with Crippen molar-refractivity contribution in [1.29, 1.82) is 0 Å². The second-order valence-corrected chi connectivity index (χ2v) is 6.75.